The molecule has 0 atom stereocenters. The van der Waals surface area contributed by atoms with Crippen molar-refractivity contribution in [2.24, 2.45) is 0 Å². The second-order valence-electron chi connectivity index (χ2n) is 5.11. The summed E-state index contributed by atoms with van der Waals surface area (Å²) >= 11 is 0. The Bertz CT molecular complexity index is 422. The van der Waals surface area contributed by atoms with Crippen molar-refractivity contribution in [1.82, 2.24) is 5.32 Å². The molecule has 118 valence electrons. The van der Waals surface area contributed by atoms with Gasteiger partial charge in [0.2, 0.25) is 5.91 Å². The van der Waals surface area contributed by atoms with Gasteiger partial charge in [-0.25, -0.2) is 0 Å². The molecular formula is C16H26N2O3. The molecular weight excluding hydrogens is 268 g/mol. The zero-order valence-corrected chi connectivity index (χ0v) is 12.9. The molecule has 21 heavy (non-hydrogen) atoms. The topological polar surface area (TPSA) is 73.6 Å². The van der Waals surface area contributed by atoms with Crippen LogP contribution in [0.3, 0.4) is 0 Å². The highest BCUT2D eigenvalue weighted by Crippen LogP contribution is 2.19. The summed E-state index contributed by atoms with van der Waals surface area (Å²) in [6.07, 6.45) is 2.20. The number of carbonyl (C=O) groups excluding carboxylic acids is 1. The van der Waals surface area contributed by atoms with Gasteiger partial charge in [0.25, 0.3) is 0 Å². The Balaban J connectivity index is 2.02. The van der Waals surface area contributed by atoms with Gasteiger partial charge in [0.1, 0.15) is 5.75 Å². The van der Waals surface area contributed by atoms with Gasteiger partial charge in [-0.1, -0.05) is 12.1 Å². The van der Waals surface area contributed by atoms with E-state index < -0.39 is 0 Å². The SMILES string of the molecule is CC(C)OCCCNC(=O)CCCOc1ccccc1N. The Morgan fingerprint density at radius 3 is 2.71 bits per heavy atom. The van der Waals surface area contributed by atoms with E-state index in [1.54, 1.807) is 6.07 Å². The predicted octanol–water partition coefficient (Wildman–Crippen LogP) is 2.36. The third-order valence-corrected chi connectivity index (χ3v) is 2.82. The van der Waals surface area contributed by atoms with Crippen LogP contribution in [0.1, 0.15) is 33.1 Å². The average Bonchev–Trinajstić information content (AvgIpc) is 2.44. The minimum absolute atomic E-state index is 0.0455. The zero-order chi connectivity index (χ0) is 15.5. The summed E-state index contributed by atoms with van der Waals surface area (Å²) in [6.45, 7) is 5.81. The summed E-state index contributed by atoms with van der Waals surface area (Å²) in [6, 6.07) is 7.35. The minimum Gasteiger partial charge on any atom is -0.491 e. The molecule has 1 aromatic rings. The lowest BCUT2D eigenvalue weighted by molar-refractivity contribution is -0.121. The Morgan fingerprint density at radius 2 is 2.00 bits per heavy atom. The van der Waals surface area contributed by atoms with Gasteiger partial charge in [0, 0.05) is 19.6 Å². The monoisotopic (exact) mass is 294 g/mol. The van der Waals surface area contributed by atoms with E-state index in [4.69, 9.17) is 15.2 Å². The maximum Gasteiger partial charge on any atom is 0.220 e. The van der Waals surface area contributed by atoms with Crippen LogP contribution in [0.25, 0.3) is 0 Å². The van der Waals surface area contributed by atoms with Crippen LogP contribution in [0, 0.1) is 0 Å². The molecule has 0 radical (unpaired) electrons. The first kappa shape index (κ1) is 17.3. The molecule has 0 saturated carbocycles. The number of rotatable bonds is 10. The normalized spacial score (nSPS) is 10.6. The summed E-state index contributed by atoms with van der Waals surface area (Å²) < 4.78 is 10.9. The highest BCUT2D eigenvalue weighted by atomic mass is 16.5. The zero-order valence-electron chi connectivity index (χ0n) is 12.9. The maximum absolute atomic E-state index is 11.6. The summed E-state index contributed by atoms with van der Waals surface area (Å²) in [7, 11) is 0. The molecule has 5 nitrogen and oxygen atoms in total. The first-order valence-corrected chi connectivity index (χ1v) is 7.45. The second-order valence-corrected chi connectivity index (χ2v) is 5.11. The minimum atomic E-state index is 0.0455. The fraction of sp³-hybridized carbons (Fsp3) is 0.562. The van der Waals surface area contributed by atoms with Gasteiger partial charge < -0.3 is 20.5 Å². The summed E-state index contributed by atoms with van der Waals surface area (Å²) in [5.74, 6) is 0.716. The molecule has 1 amide bonds. The van der Waals surface area contributed by atoms with Gasteiger partial charge in [-0.3, -0.25) is 4.79 Å². The molecule has 0 saturated heterocycles. The van der Waals surface area contributed by atoms with Gasteiger partial charge in [0.05, 0.1) is 18.4 Å². The number of amides is 1. The van der Waals surface area contributed by atoms with Crippen LogP contribution in [0.15, 0.2) is 24.3 Å². The van der Waals surface area contributed by atoms with Crippen LogP contribution < -0.4 is 15.8 Å². The summed E-state index contributed by atoms with van der Waals surface area (Å²) in [4.78, 5) is 11.6. The number of carbonyl (C=O) groups is 1. The van der Waals surface area contributed by atoms with Crippen LogP contribution in [-0.4, -0.2) is 31.8 Å². The highest BCUT2D eigenvalue weighted by molar-refractivity contribution is 5.75. The van der Waals surface area contributed by atoms with Gasteiger partial charge in [-0.15, -0.1) is 0 Å². The van der Waals surface area contributed by atoms with Crippen LogP contribution in [0.2, 0.25) is 0 Å². The van der Waals surface area contributed by atoms with E-state index in [1.165, 1.54) is 0 Å². The summed E-state index contributed by atoms with van der Waals surface area (Å²) in [5.41, 5.74) is 6.38. The molecule has 0 unspecified atom stereocenters. The molecule has 0 aliphatic carbocycles. The first-order valence-electron chi connectivity index (χ1n) is 7.45. The molecule has 0 spiro atoms. The molecule has 3 N–H and O–H groups in total. The number of ether oxygens (including phenoxy) is 2. The third-order valence-electron chi connectivity index (χ3n) is 2.82. The second kappa shape index (κ2) is 10.0. The molecule has 0 aliphatic rings. The van der Waals surface area contributed by atoms with Crippen molar-refractivity contribution in [1.29, 1.82) is 0 Å². The van der Waals surface area contributed by atoms with Crippen molar-refractivity contribution in [3.8, 4) is 5.75 Å². The molecule has 0 aromatic heterocycles. The highest BCUT2D eigenvalue weighted by Gasteiger charge is 2.02. The van der Waals surface area contributed by atoms with E-state index in [-0.39, 0.29) is 12.0 Å². The van der Waals surface area contributed by atoms with Crippen molar-refractivity contribution >= 4 is 11.6 Å². The smallest absolute Gasteiger partial charge is 0.220 e. The van der Waals surface area contributed by atoms with E-state index >= 15 is 0 Å². The predicted molar refractivity (Wildman–Crippen MR) is 84.3 cm³/mol. The number of anilines is 1. The van der Waals surface area contributed by atoms with Crippen molar-refractivity contribution in [2.45, 2.75) is 39.2 Å². The van der Waals surface area contributed by atoms with Crippen LogP contribution in [0.5, 0.6) is 5.75 Å². The molecule has 0 aliphatic heterocycles. The fourth-order valence-corrected chi connectivity index (χ4v) is 1.73. The molecule has 5 heteroatoms. The number of nitrogens with one attached hydrogen (secondary N) is 1. The summed E-state index contributed by atoms with van der Waals surface area (Å²) in [5, 5.41) is 2.87. The molecule has 0 heterocycles. The fourth-order valence-electron chi connectivity index (χ4n) is 1.73. The number of nitrogens with two attached hydrogens (primary N) is 1. The molecule has 1 aromatic carbocycles. The van der Waals surface area contributed by atoms with Crippen LogP contribution >= 0.6 is 0 Å². The van der Waals surface area contributed by atoms with E-state index in [0.29, 0.717) is 44.0 Å². The van der Waals surface area contributed by atoms with Crippen molar-refractivity contribution < 1.29 is 14.3 Å². The van der Waals surface area contributed by atoms with E-state index in [0.717, 1.165) is 6.42 Å². The third kappa shape index (κ3) is 8.19. The van der Waals surface area contributed by atoms with E-state index in [9.17, 15) is 4.79 Å². The average molecular weight is 294 g/mol. The number of para-hydroxylation sites is 2. The lowest BCUT2D eigenvalue weighted by Gasteiger charge is -2.09. The Labute approximate surface area is 126 Å². The van der Waals surface area contributed by atoms with E-state index in [1.807, 2.05) is 32.0 Å². The van der Waals surface area contributed by atoms with Crippen molar-refractivity contribution in [3.05, 3.63) is 24.3 Å². The van der Waals surface area contributed by atoms with E-state index in [2.05, 4.69) is 5.32 Å². The molecule has 0 bridgehead atoms. The molecule has 1 rings (SSSR count). The Hall–Kier alpha value is -1.75. The van der Waals surface area contributed by atoms with Gasteiger partial charge in [-0.2, -0.15) is 0 Å². The largest absolute Gasteiger partial charge is 0.491 e. The van der Waals surface area contributed by atoms with Gasteiger partial charge >= 0.3 is 0 Å². The first-order chi connectivity index (χ1) is 10.1. The Kier molecular flexibility index (Phi) is 8.28. The standard InChI is InChI=1S/C16H26N2O3/c1-13(2)20-12-6-10-18-16(19)9-5-11-21-15-8-4-3-7-14(15)17/h3-4,7-8,13H,5-6,9-12,17H2,1-2H3,(H,18,19). The van der Waals surface area contributed by atoms with Crippen LogP contribution in [-0.2, 0) is 9.53 Å². The van der Waals surface area contributed by atoms with Crippen molar-refractivity contribution in [3.63, 3.8) is 0 Å². The number of benzene rings is 1. The van der Waals surface area contributed by atoms with Crippen molar-refractivity contribution in [2.75, 3.05) is 25.5 Å². The number of hydrogen-bond donors (Lipinski definition) is 2. The maximum atomic E-state index is 11.6. The Morgan fingerprint density at radius 1 is 1.24 bits per heavy atom. The van der Waals surface area contributed by atoms with Gasteiger partial charge in [-0.05, 0) is 38.8 Å². The number of hydrogen-bond acceptors (Lipinski definition) is 4. The quantitative estimate of drug-likeness (QED) is 0.513. The number of nitrogen functional groups attached to an aromatic ring is 1. The lowest BCUT2D eigenvalue weighted by Crippen LogP contribution is -2.25. The molecule has 0 fully saturated rings. The van der Waals surface area contributed by atoms with Gasteiger partial charge in [0.15, 0.2) is 0 Å². The van der Waals surface area contributed by atoms with Crippen LogP contribution in [0.4, 0.5) is 5.69 Å². The lowest BCUT2D eigenvalue weighted by atomic mass is 10.3.